The Kier molecular flexibility index (Phi) is 4.44. The standard InChI is InChI=1S/C22H24N4O/c1-14(2)26-21(10-11-23-26)22(27)24-17-9-8-16-12-20(25-19(16)13-17)18-7-5-4-6-15(18)3/h4-11,13-14,20,25H,12H2,1-3H3,(H,24,27). The topological polar surface area (TPSA) is 59.0 Å². The van der Waals surface area contributed by atoms with Crippen molar-refractivity contribution in [3.8, 4) is 0 Å². The zero-order chi connectivity index (χ0) is 19.0. The van der Waals surface area contributed by atoms with Crippen LogP contribution in [0.3, 0.4) is 0 Å². The highest BCUT2D eigenvalue weighted by molar-refractivity contribution is 6.03. The molecule has 0 saturated heterocycles. The van der Waals surface area contributed by atoms with Crippen LogP contribution in [0, 0.1) is 6.92 Å². The molecule has 0 radical (unpaired) electrons. The van der Waals surface area contributed by atoms with E-state index in [1.165, 1.54) is 16.7 Å². The van der Waals surface area contributed by atoms with Gasteiger partial charge < -0.3 is 10.6 Å². The summed E-state index contributed by atoms with van der Waals surface area (Å²) in [4.78, 5) is 12.6. The molecule has 1 aliphatic heterocycles. The van der Waals surface area contributed by atoms with E-state index >= 15 is 0 Å². The van der Waals surface area contributed by atoms with Gasteiger partial charge in [0.15, 0.2) is 0 Å². The van der Waals surface area contributed by atoms with Gasteiger partial charge in [-0.3, -0.25) is 9.48 Å². The van der Waals surface area contributed by atoms with Crippen molar-refractivity contribution >= 4 is 17.3 Å². The van der Waals surface area contributed by atoms with Crippen LogP contribution >= 0.6 is 0 Å². The Labute approximate surface area is 159 Å². The third kappa shape index (κ3) is 3.33. The molecule has 0 saturated carbocycles. The number of hydrogen-bond acceptors (Lipinski definition) is 3. The minimum atomic E-state index is -0.144. The van der Waals surface area contributed by atoms with E-state index in [0.29, 0.717) is 5.69 Å². The van der Waals surface area contributed by atoms with Crippen LogP contribution < -0.4 is 10.6 Å². The molecule has 138 valence electrons. The number of aromatic nitrogens is 2. The van der Waals surface area contributed by atoms with E-state index in [-0.39, 0.29) is 18.0 Å². The molecule has 1 unspecified atom stereocenters. The average molecular weight is 360 g/mol. The number of nitrogens with one attached hydrogen (secondary N) is 2. The molecule has 5 nitrogen and oxygen atoms in total. The highest BCUT2D eigenvalue weighted by Crippen LogP contribution is 2.36. The Hall–Kier alpha value is -3.08. The average Bonchev–Trinajstić information content (AvgIpc) is 3.28. The summed E-state index contributed by atoms with van der Waals surface area (Å²) in [5.41, 5.74) is 6.31. The molecule has 1 aliphatic rings. The fourth-order valence-electron chi connectivity index (χ4n) is 3.69. The van der Waals surface area contributed by atoms with Gasteiger partial charge in [-0.2, -0.15) is 5.10 Å². The van der Waals surface area contributed by atoms with Gasteiger partial charge in [-0.05, 0) is 62.1 Å². The van der Waals surface area contributed by atoms with Gasteiger partial charge in [0.2, 0.25) is 0 Å². The second-order valence-electron chi connectivity index (χ2n) is 7.34. The fourth-order valence-corrected chi connectivity index (χ4v) is 3.69. The molecule has 0 bridgehead atoms. The van der Waals surface area contributed by atoms with Crippen LogP contribution in [0.15, 0.2) is 54.7 Å². The van der Waals surface area contributed by atoms with Crippen molar-refractivity contribution in [3.05, 3.63) is 77.1 Å². The van der Waals surface area contributed by atoms with Gasteiger partial charge in [-0.15, -0.1) is 0 Å². The normalized spacial score (nSPS) is 15.5. The quantitative estimate of drug-likeness (QED) is 0.707. The van der Waals surface area contributed by atoms with E-state index < -0.39 is 0 Å². The number of benzene rings is 2. The SMILES string of the molecule is Cc1ccccc1C1Cc2ccc(NC(=O)c3ccnn3C(C)C)cc2N1. The Morgan fingerprint density at radius 3 is 2.81 bits per heavy atom. The van der Waals surface area contributed by atoms with Crippen molar-refractivity contribution in [2.75, 3.05) is 10.6 Å². The van der Waals surface area contributed by atoms with Crippen LogP contribution in [0.4, 0.5) is 11.4 Å². The van der Waals surface area contributed by atoms with Crippen LogP contribution in [-0.2, 0) is 6.42 Å². The number of rotatable bonds is 4. The van der Waals surface area contributed by atoms with E-state index in [2.05, 4.69) is 53.0 Å². The lowest BCUT2D eigenvalue weighted by Gasteiger charge is -2.14. The Morgan fingerprint density at radius 1 is 1.22 bits per heavy atom. The van der Waals surface area contributed by atoms with Crippen molar-refractivity contribution in [1.29, 1.82) is 0 Å². The van der Waals surface area contributed by atoms with Gasteiger partial charge in [-0.25, -0.2) is 0 Å². The van der Waals surface area contributed by atoms with Crippen molar-refractivity contribution in [3.63, 3.8) is 0 Å². The minimum absolute atomic E-state index is 0.136. The summed E-state index contributed by atoms with van der Waals surface area (Å²) in [5.74, 6) is -0.144. The zero-order valence-electron chi connectivity index (χ0n) is 15.9. The molecule has 0 spiro atoms. The third-order valence-corrected chi connectivity index (χ3v) is 5.08. The number of hydrogen-bond donors (Lipinski definition) is 2. The Bertz CT molecular complexity index is 989. The number of anilines is 2. The van der Waals surface area contributed by atoms with E-state index in [9.17, 15) is 4.79 Å². The molecule has 2 aromatic carbocycles. The molecule has 27 heavy (non-hydrogen) atoms. The van der Waals surface area contributed by atoms with Crippen LogP contribution in [0.2, 0.25) is 0 Å². The number of fused-ring (bicyclic) bond motifs is 1. The highest BCUT2D eigenvalue weighted by atomic mass is 16.2. The van der Waals surface area contributed by atoms with Gasteiger partial charge in [0.1, 0.15) is 5.69 Å². The molecule has 2 N–H and O–H groups in total. The lowest BCUT2D eigenvalue weighted by Crippen LogP contribution is -2.19. The molecule has 0 fully saturated rings. The maximum Gasteiger partial charge on any atom is 0.273 e. The fraction of sp³-hybridized carbons (Fsp3) is 0.273. The summed E-state index contributed by atoms with van der Waals surface area (Å²) in [7, 11) is 0. The predicted molar refractivity (Wildman–Crippen MR) is 108 cm³/mol. The highest BCUT2D eigenvalue weighted by Gasteiger charge is 2.23. The summed E-state index contributed by atoms with van der Waals surface area (Å²) in [6.07, 6.45) is 2.61. The van der Waals surface area contributed by atoms with E-state index in [1.807, 2.05) is 26.0 Å². The molecule has 5 heteroatoms. The van der Waals surface area contributed by atoms with Crippen molar-refractivity contribution in [1.82, 2.24) is 9.78 Å². The number of aryl methyl sites for hydroxylation is 1. The monoisotopic (exact) mass is 360 g/mol. The first-order valence-electron chi connectivity index (χ1n) is 9.33. The van der Waals surface area contributed by atoms with E-state index in [4.69, 9.17) is 0 Å². The van der Waals surface area contributed by atoms with Crippen molar-refractivity contribution in [2.45, 2.75) is 39.3 Å². The van der Waals surface area contributed by atoms with Crippen molar-refractivity contribution < 1.29 is 4.79 Å². The number of nitrogens with zero attached hydrogens (tertiary/aromatic N) is 2. The Balaban J connectivity index is 1.52. The summed E-state index contributed by atoms with van der Waals surface area (Å²) in [5, 5.41) is 10.8. The first kappa shape index (κ1) is 17.3. The molecule has 1 atom stereocenters. The number of amides is 1. The van der Waals surface area contributed by atoms with Crippen LogP contribution in [0.1, 0.15) is 53.1 Å². The summed E-state index contributed by atoms with van der Waals surface area (Å²) < 4.78 is 1.73. The molecule has 1 amide bonds. The van der Waals surface area contributed by atoms with Gasteiger partial charge >= 0.3 is 0 Å². The maximum absolute atomic E-state index is 12.6. The van der Waals surface area contributed by atoms with Gasteiger partial charge in [-0.1, -0.05) is 30.3 Å². The molecule has 1 aromatic heterocycles. The summed E-state index contributed by atoms with van der Waals surface area (Å²) in [6, 6.07) is 16.7. The van der Waals surface area contributed by atoms with Crippen LogP contribution in [0.25, 0.3) is 0 Å². The van der Waals surface area contributed by atoms with Gasteiger partial charge in [0.05, 0.1) is 6.04 Å². The van der Waals surface area contributed by atoms with E-state index in [1.54, 1.807) is 16.9 Å². The zero-order valence-corrected chi connectivity index (χ0v) is 15.9. The molecule has 3 aromatic rings. The predicted octanol–water partition coefficient (Wildman–Crippen LogP) is 4.73. The van der Waals surface area contributed by atoms with Crippen LogP contribution in [0.5, 0.6) is 0 Å². The second kappa shape index (κ2) is 6.91. The number of carbonyl (C=O) groups excluding carboxylic acids is 1. The lowest BCUT2D eigenvalue weighted by molar-refractivity contribution is 0.101. The van der Waals surface area contributed by atoms with Gasteiger partial charge in [0, 0.05) is 23.6 Å². The molecular formula is C22H24N4O. The maximum atomic E-state index is 12.6. The molecular weight excluding hydrogens is 336 g/mol. The second-order valence-corrected chi connectivity index (χ2v) is 7.34. The largest absolute Gasteiger partial charge is 0.378 e. The Morgan fingerprint density at radius 2 is 2.04 bits per heavy atom. The van der Waals surface area contributed by atoms with Gasteiger partial charge in [0.25, 0.3) is 5.91 Å². The number of carbonyl (C=O) groups is 1. The first-order chi connectivity index (χ1) is 13.0. The molecule has 4 rings (SSSR count). The van der Waals surface area contributed by atoms with Crippen molar-refractivity contribution in [2.24, 2.45) is 0 Å². The minimum Gasteiger partial charge on any atom is -0.378 e. The first-order valence-corrected chi connectivity index (χ1v) is 9.33. The van der Waals surface area contributed by atoms with E-state index in [0.717, 1.165) is 17.8 Å². The third-order valence-electron chi connectivity index (χ3n) is 5.08. The molecule has 2 heterocycles. The smallest absolute Gasteiger partial charge is 0.273 e. The summed E-state index contributed by atoms with van der Waals surface area (Å²) >= 11 is 0. The summed E-state index contributed by atoms with van der Waals surface area (Å²) in [6.45, 7) is 6.16. The van der Waals surface area contributed by atoms with Crippen LogP contribution in [-0.4, -0.2) is 15.7 Å². The molecule has 0 aliphatic carbocycles. The lowest BCUT2D eigenvalue weighted by atomic mass is 9.99.